The summed E-state index contributed by atoms with van der Waals surface area (Å²) < 4.78 is 1.04. The van der Waals surface area contributed by atoms with Crippen LogP contribution in [0.25, 0.3) is 21.3 Å². The lowest BCUT2D eigenvalue weighted by Gasteiger charge is -2.09. The molecule has 3 nitrogen and oxygen atoms in total. The number of rotatable bonds is 2. The van der Waals surface area contributed by atoms with E-state index in [9.17, 15) is 4.79 Å². The quantitative estimate of drug-likeness (QED) is 0.593. The second kappa shape index (κ2) is 6.16. The van der Waals surface area contributed by atoms with Crippen molar-refractivity contribution in [3.05, 3.63) is 47.4 Å². The molecule has 3 aromatic rings. The van der Waals surface area contributed by atoms with E-state index in [2.05, 4.69) is 25.9 Å². The molecule has 118 valence electrons. The summed E-state index contributed by atoms with van der Waals surface area (Å²) >= 11 is 13.0. The van der Waals surface area contributed by atoms with Crippen molar-refractivity contribution in [1.29, 1.82) is 0 Å². The summed E-state index contributed by atoms with van der Waals surface area (Å²) in [7, 11) is 0. The Morgan fingerprint density at radius 2 is 2.13 bits per heavy atom. The molecule has 23 heavy (non-hydrogen) atoms. The maximum atomic E-state index is 12.5. The Bertz CT molecular complexity index is 986. The van der Waals surface area contributed by atoms with Crippen LogP contribution in [0.15, 0.2) is 20.7 Å². The molecule has 0 spiro atoms. The van der Waals surface area contributed by atoms with Crippen LogP contribution in [0, 0.1) is 0 Å². The van der Waals surface area contributed by atoms with Crippen LogP contribution in [0.5, 0.6) is 0 Å². The zero-order chi connectivity index (χ0) is 16.0. The summed E-state index contributed by atoms with van der Waals surface area (Å²) in [6.07, 6.45) is 6.20. The van der Waals surface area contributed by atoms with Crippen molar-refractivity contribution >= 4 is 71.5 Å². The molecule has 3 heterocycles. The number of nitrogens with zero attached hydrogens (tertiary/aromatic N) is 1. The minimum atomic E-state index is -0.0803. The highest BCUT2D eigenvalue weighted by Gasteiger charge is 2.20. The lowest BCUT2D eigenvalue weighted by Crippen LogP contribution is -2.12. The predicted octanol–water partition coefficient (Wildman–Crippen LogP) is 5.42. The van der Waals surface area contributed by atoms with E-state index in [1.165, 1.54) is 16.9 Å². The molecular weight excluding hydrogens is 416 g/mol. The minimum Gasteiger partial charge on any atom is -0.305 e. The summed E-state index contributed by atoms with van der Waals surface area (Å²) in [6.45, 7) is 0. The number of aromatic amines is 1. The third-order valence-electron chi connectivity index (χ3n) is 3.91. The molecule has 0 unspecified atom stereocenters. The van der Waals surface area contributed by atoms with Crippen molar-refractivity contribution in [2.75, 3.05) is 0 Å². The highest BCUT2D eigenvalue weighted by molar-refractivity contribution is 9.11. The van der Waals surface area contributed by atoms with E-state index >= 15 is 0 Å². The largest absolute Gasteiger partial charge is 0.305 e. The first-order valence-corrected chi connectivity index (χ1v) is 10.1. The van der Waals surface area contributed by atoms with Gasteiger partial charge in [-0.25, -0.2) is 4.98 Å². The highest BCUT2D eigenvalue weighted by Crippen LogP contribution is 2.34. The zero-order valence-corrected chi connectivity index (χ0v) is 16.0. The molecule has 0 aliphatic heterocycles. The molecule has 0 bridgehead atoms. The third kappa shape index (κ3) is 2.93. The number of halogens is 2. The standard InChI is InChI=1S/C16H12BrClN2OS2/c17-12-6-5-8(22-12)7-10(18)14-19-15(21)13-9-3-1-2-4-11(9)23-16(13)20-14/h5-7H,1-4H2,(H,19,20,21)/b10-7-. The van der Waals surface area contributed by atoms with Gasteiger partial charge in [0.25, 0.3) is 5.56 Å². The van der Waals surface area contributed by atoms with Gasteiger partial charge < -0.3 is 4.98 Å². The molecular formula is C16H12BrClN2OS2. The van der Waals surface area contributed by atoms with Crippen LogP contribution in [0.3, 0.4) is 0 Å². The van der Waals surface area contributed by atoms with Crippen molar-refractivity contribution < 1.29 is 0 Å². The smallest absolute Gasteiger partial charge is 0.260 e. The molecule has 1 N–H and O–H groups in total. The Kier molecular flexibility index (Phi) is 4.17. The molecule has 7 heteroatoms. The van der Waals surface area contributed by atoms with Gasteiger partial charge in [-0.05, 0) is 65.4 Å². The Balaban J connectivity index is 1.82. The number of aryl methyl sites for hydroxylation is 2. The van der Waals surface area contributed by atoms with E-state index in [4.69, 9.17) is 11.6 Å². The normalized spacial score (nSPS) is 15.1. The lowest BCUT2D eigenvalue weighted by molar-refractivity contribution is 0.700. The van der Waals surface area contributed by atoms with E-state index in [1.54, 1.807) is 22.7 Å². The molecule has 0 amide bonds. The molecule has 0 saturated heterocycles. The van der Waals surface area contributed by atoms with Gasteiger partial charge in [-0.2, -0.15) is 0 Å². The van der Waals surface area contributed by atoms with E-state index in [1.807, 2.05) is 18.2 Å². The molecule has 0 aromatic carbocycles. The van der Waals surface area contributed by atoms with Gasteiger partial charge in [0.05, 0.1) is 14.2 Å². The summed E-state index contributed by atoms with van der Waals surface area (Å²) in [5.74, 6) is 0.437. The molecule has 4 rings (SSSR count). The Labute approximate surface area is 154 Å². The van der Waals surface area contributed by atoms with Gasteiger partial charge in [-0.15, -0.1) is 22.7 Å². The van der Waals surface area contributed by atoms with Crippen LogP contribution >= 0.6 is 50.2 Å². The van der Waals surface area contributed by atoms with Crippen LogP contribution in [0.2, 0.25) is 0 Å². The highest BCUT2D eigenvalue weighted by atomic mass is 79.9. The van der Waals surface area contributed by atoms with E-state index in [0.29, 0.717) is 10.9 Å². The molecule has 1 aliphatic rings. The zero-order valence-electron chi connectivity index (χ0n) is 12.0. The average Bonchev–Trinajstić information content (AvgIpc) is 3.10. The summed E-state index contributed by atoms with van der Waals surface area (Å²) in [5, 5.41) is 1.21. The average molecular weight is 428 g/mol. The minimum absolute atomic E-state index is 0.0803. The monoisotopic (exact) mass is 426 g/mol. The van der Waals surface area contributed by atoms with Gasteiger partial charge in [0.15, 0.2) is 5.82 Å². The first-order valence-electron chi connectivity index (χ1n) is 7.29. The van der Waals surface area contributed by atoms with Crippen LogP contribution in [-0.4, -0.2) is 9.97 Å². The van der Waals surface area contributed by atoms with Crippen molar-refractivity contribution in [3.63, 3.8) is 0 Å². The van der Waals surface area contributed by atoms with E-state index in [-0.39, 0.29) is 5.56 Å². The number of aromatic nitrogens is 2. The van der Waals surface area contributed by atoms with Crippen molar-refractivity contribution in [2.24, 2.45) is 0 Å². The molecule has 1 aliphatic carbocycles. The van der Waals surface area contributed by atoms with Crippen molar-refractivity contribution in [3.8, 4) is 0 Å². The maximum Gasteiger partial charge on any atom is 0.260 e. The lowest BCUT2D eigenvalue weighted by atomic mass is 9.97. The van der Waals surface area contributed by atoms with Crippen LogP contribution < -0.4 is 5.56 Å². The molecule has 0 atom stereocenters. The van der Waals surface area contributed by atoms with Gasteiger partial charge in [-0.3, -0.25) is 4.79 Å². The number of H-pyrrole nitrogens is 1. The molecule has 3 aromatic heterocycles. The number of hydrogen-bond acceptors (Lipinski definition) is 4. The van der Waals surface area contributed by atoms with Crippen LogP contribution in [0.4, 0.5) is 0 Å². The molecule has 0 saturated carbocycles. The van der Waals surface area contributed by atoms with Gasteiger partial charge in [0.1, 0.15) is 4.83 Å². The number of nitrogens with one attached hydrogen (secondary N) is 1. The Morgan fingerprint density at radius 1 is 1.30 bits per heavy atom. The third-order valence-corrected chi connectivity index (χ3v) is 6.96. The van der Waals surface area contributed by atoms with Gasteiger partial charge in [0.2, 0.25) is 0 Å². The number of fused-ring (bicyclic) bond motifs is 3. The van der Waals surface area contributed by atoms with Crippen LogP contribution in [0.1, 0.15) is 34.0 Å². The molecule has 0 fully saturated rings. The van der Waals surface area contributed by atoms with Gasteiger partial charge in [-0.1, -0.05) is 11.6 Å². The van der Waals surface area contributed by atoms with Crippen molar-refractivity contribution in [2.45, 2.75) is 25.7 Å². The summed E-state index contributed by atoms with van der Waals surface area (Å²) in [4.78, 5) is 23.1. The second-order valence-corrected chi connectivity index (χ2v) is 9.43. The fourth-order valence-corrected chi connectivity index (χ4v) is 5.78. The SMILES string of the molecule is O=c1[nH]c(/C(Cl)=C/c2ccc(Br)s2)nc2sc3c(c12)CCCC3. The maximum absolute atomic E-state index is 12.5. The van der Waals surface area contributed by atoms with Crippen LogP contribution in [-0.2, 0) is 12.8 Å². The van der Waals surface area contributed by atoms with E-state index in [0.717, 1.165) is 38.1 Å². The fraction of sp³-hybridized carbons (Fsp3) is 0.250. The predicted molar refractivity (Wildman–Crippen MR) is 103 cm³/mol. The topological polar surface area (TPSA) is 45.8 Å². The summed E-state index contributed by atoms with van der Waals surface area (Å²) in [6, 6.07) is 3.94. The van der Waals surface area contributed by atoms with E-state index < -0.39 is 0 Å². The number of thiophene rings is 2. The Morgan fingerprint density at radius 3 is 2.91 bits per heavy atom. The number of hydrogen-bond donors (Lipinski definition) is 1. The summed E-state index contributed by atoms with van der Waals surface area (Å²) in [5.41, 5.74) is 1.11. The fourth-order valence-electron chi connectivity index (χ4n) is 2.88. The first-order chi connectivity index (χ1) is 11.1. The second-order valence-electron chi connectivity index (χ2n) is 5.44. The van der Waals surface area contributed by atoms with Gasteiger partial charge in [0, 0.05) is 9.75 Å². The van der Waals surface area contributed by atoms with Gasteiger partial charge >= 0.3 is 0 Å². The Hall–Kier alpha value is -0.950. The molecule has 0 radical (unpaired) electrons. The van der Waals surface area contributed by atoms with Crippen molar-refractivity contribution in [1.82, 2.24) is 9.97 Å². The first kappa shape index (κ1) is 15.6.